The first-order valence-corrected chi connectivity index (χ1v) is 16.9. The van der Waals surface area contributed by atoms with Gasteiger partial charge in [-0.1, -0.05) is 62.7 Å². The minimum Gasteiger partial charge on any atom is -0.508 e. The molecule has 3 aromatic rings. The second-order valence-electron chi connectivity index (χ2n) is 11.4. The van der Waals surface area contributed by atoms with Crippen LogP contribution in [0.15, 0.2) is 77.7 Å². The smallest absolute Gasteiger partial charge is 0.421 e. The zero-order valence-corrected chi connectivity index (χ0v) is 27.1. The molecular weight excluding hydrogens is 626 g/mol. The molecule has 0 aromatic heterocycles. The van der Waals surface area contributed by atoms with Gasteiger partial charge in [0.15, 0.2) is 0 Å². The van der Waals surface area contributed by atoms with Crippen LogP contribution in [0.3, 0.4) is 0 Å². The van der Waals surface area contributed by atoms with Crippen LogP contribution in [-0.4, -0.2) is 66.2 Å². The molecule has 2 atom stereocenters. The lowest BCUT2D eigenvalue weighted by Crippen LogP contribution is -2.64. The van der Waals surface area contributed by atoms with Gasteiger partial charge < -0.3 is 25.2 Å². The van der Waals surface area contributed by atoms with Crippen LogP contribution in [0, 0.1) is 5.92 Å². The number of nitrogens with zero attached hydrogens (tertiary/aromatic N) is 1. The lowest BCUT2D eigenvalue weighted by atomic mass is 9.93. The zero-order chi connectivity index (χ0) is 34.2. The number of hydrogen-bond donors (Lipinski definition) is 4. The van der Waals surface area contributed by atoms with E-state index in [0.29, 0.717) is 30.4 Å². The minimum atomic E-state index is -4.24. The number of benzene rings is 3. The van der Waals surface area contributed by atoms with E-state index in [1.54, 1.807) is 49.4 Å². The van der Waals surface area contributed by atoms with Crippen LogP contribution >= 0.6 is 0 Å². The summed E-state index contributed by atoms with van der Waals surface area (Å²) in [6, 6.07) is 18.6. The molecule has 0 aliphatic carbocycles. The van der Waals surface area contributed by atoms with Crippen LogP contribution in [0.5, 0.6) is 5.75 Å². The SMILES string of the molecule is CCCCOC(=O)NS(=O)(=O)c1ccccc1-c1ccc(C[C@H](CC)C(=O)N[C@@]2(C(=O)O)CCCN2C(=O)c2ccc(O)cc2)cc1. The molecule has 1 heterocycles. The monoisotopic (exact) mass is 665 g/mol. The second kappa shape index (κ2) is 15.1. The molecule has 3 amide bonds. The van der Waals surface area contributed by atoms with Crippen molar-refractivity contribution in [1.29, 1.82) is 0 Å². The summed E-state index contributed by atoms with van der Waals surface area (Å²) in [7, 11) is -4.24. The van der Waals surface area contributed by atoms with Gasteiger partial charge in [-0.05, 0) is 67.1 Å². The molecule has 0 unspecified atom stereocenters. The predicted molar refractivity (Wildman–Crippen MR) is 173 cm³/mol. The predicted octanol–water partition coefficient (Wildman–Crippen LogP) is 4.68. The van der Waals surface area contributed by atoms with Crippen molar-refractivity contribution in [1.82, 2.24) is 14.9 Å². The summed E-state index contributed by atoms with van der Waals surface area (Å²) in [4.78, 5) is 52.6. The first-order chi connectivity index (χ1) is 22.4. The standard InChI is InChI=1S/C34H39N3O9S/c1-3-5-21-46-33(43)36-47(44,45)29-10-7-6-9-28(29)25-13-11-23(12-14-25)22-24(4-2)30(39)35-34(32(41)42)19-8-20-37(34)31(40)26-15-17-27(38)18-16-26/h6-7,9-18,24,38H,3-5,8,19-22H2,1-2H3,(H,35,39)(H,36,43)(H,41,42)/t24-,34-/m0/s1. The number of nitrogens with one attached hydrogen (secondary N) is 2. The largest absolute Gasteiger partial charge is 0.508 e. The van der Waals surface area contributed by atoms with Gasteiger partial charge in [0.25, 0.3) is 15.9 Å². The van der Waals surface area contributed by atoms with Gasteiger partial charge in [0.1, 0.15) is 5.75 Å². The number of carboxylic acid groups (broad SMARTS) is 1. The van der Waals surface area contributed by atoms with E-state index >= 15 is 0 Å². The van der Waals surface area contributed by atoms with E-state index in [0.717, 1.165) is 16.9 Å². The quantitative estimate of drug-likeness (QED) is 0.189. The van der Waals surface area contributed by atoms with Crippen molar-refractivity contribution in [3.63, 3.8) is 0 Å². The molecule has 4 rings (SSSR count). The van der Waals surface area contributed by atoms with Crippen molar-refractivity contribution in [2.75, 3.05) is 13.2 Å². The molecule has 0 radical (unpaired) electrons. The summed E-state index contributed by atoms with van der Waals surface area (Å²) in [6.45, 7) is 3.96. The zero-order valence-electron chi connectivity index (χ0n) is 26.3. The Bertz CT molecular complexity index is 1710. The highest BCUT2D eigenvalue weighted by Gasteiger charge is 2.52. The Balaban J connectivity index is 1.49. The van der Waals surface area contributed by atoms with Gasteiger partial charge in [-0.25, -0.2) is 22.7 Å². The van der Waals surface area contributed by atoms with E-state index in [2.05, 4.69) is 5.32 Å². The number of phenols is 1. The summed E-state index contributed by atoms with van der Waals surface area (Å²) in [5.41, 5.74) is -0.0589. The fraction of sp³-hybridized carbons (Fsp3) is 0.353. The van der Waals surface area contributed by atoms with E-state index in [1.165, 1.54) is 30.3 Å². The van der Waals surface area contributed by atoms with Gasteiger partial charge in [-0.15, -0.1) is 0 Å². The van der Waals surface area contributed by atoms with Crippen LogP contribution in [0.4, 0.5) is 4.79 Å². The van der Waals surface area contributed by atoms with E-state index in [9.17, 15) is 37.8 Å². The van der Waals surface area contributed by atoms with Gasteiger partial charge >= 0.3 is 12.1 Å². The molecular formula is C34H39N3O9S. The number of carboxylic acids is 1. The van der Waals surface area contributed by atoms with Crippen LogP contribution in [0.25, 0.3) is 11.1 Å². The highest BCUT2D eigenvalue weighted by atomic mass is 32.2. The number of likely N-dealkylation sites (tertiary alicyclic amines) is 1. The third-order valence-electron chi connectivity index (χ3n) is 8.16. The lowest BCUT2D eigenvalue weighted by Gasteiger charge is -2.36. The van der Waals surface area contributed by atoms with Gasteiger partial charge in [-0.2, -0.15) is 0 Å². The van der Waals surface area contributed by atoms with Crippen molar-refractivity contribution in [3.05, 3.63) is 83.9 Å². The molecule has 1 saturated heterocycles. The number of phenolic OH excluding ortho intramolecular Hbond substituents is 1. The van der Waals surface area contributed by atoms with Gasteiger partial charge in [0.05, 0.1) is 11.5 Å². The Morgan fingerprint density at radius 1 is 0.979 bits per heavy atom. The molecule has 12 nitrogen and oxygen atoms in total. The van der Waals surface area contributed by atoms with Gasteiger partial charge in [0.2, 0.25) is 11.6 Å². The maximum absolute atomic E-state index is 13.6. The fourth-order valence-electron chi connectivity index (χ4n) is 5.54. The van der Waals surface area contributed by atoms with Crippen LogP contribution in [-0.2, 0) is 30.8 Å². The maximum Gasteiger partial charge on any atom is 0.421 e. The number of rotatable bonds is 13. The molecule has 0 saturated carbocycles. The summed E-state index contributed by atoms with van der Waals surface area (Å²) >= 11 is 0. The first kappa shape index (κ1) is 35.0. The van der Waals surface area contributed by atoms with Gasteiger partial charge in [0, 0.05) is 30.0 Å². The summed E-state index contributed by atoms with van der Waals surface area (Å²) < 4.78 is 33.0. The van der Waals surface area contributed by atoms with E-state index in [4.69, 9.17) is 4.74 Å². The Morgan fingerprint density at radius 3 is 2.30 bits per heavy atom. The lowest BCUT2D eigenvalue weighted by molar-refractivity contribution is -0.154. The van der Waals surface area contributed by atoms with Crippen LogP contribution in [0.1, 0.15) is 61.9 Å². The van der Waals surface area contributed by atoms with E-state index in [-0.39, 0.29) is 42.2 Å². The first-order valence-electron chi connectivity index (χ1n) is 15.5. The molecule has 0 spiro atoms. The normalized spacial score (nSPS) is 16.7. The Kier molecular flexibility index (Phi) is 11.2. The van der Waals surface area contributed by atoms with Crippen LogP contribution < -0.4 is 10.0 Å². The molecule has 3 aromatic carbocycles. The highest BCUT2D eigenvalue weighted by Crippen LogP contribution is 2.31. The van der Waals surface area contributed by atoms with Gasteiger partial charge in [-0.3, -0.25) is 9.59 Å². The average molecular weight is 666 g/mol. The number of aliphatic carboxylic acids is 1. The summed E-state index contributed by atoms with van der Waals surface area (Å²) in [6.07, 6.45) is 1.40. The van der Waals surface area contributed by atoms with Crippen molar-refractivity contribution in [3.8, 4) is 16.9 Å². The molecule has 47 heavy (non-hydrogen) atoms. The number of carbonyl (C=O) groups excluding carboxylic acids is 3. The number of sulfonamides is 1. The molecule has 1 fully saturated rings. The highest BCUT2D eigenvalue weighted by molar-refractivity contribution is 7.90. The average Bonchev–Trinajstić information content (AvgIpc) is 3.48. The Labute approximate surface area is 273 Å². The minimum absolute atomic E-state index is 0.0365. The topological polar surface area (TPSA) is 179 Å². The molecule has 1 aliphatic heterocycles. The van der Waals surface area contributed by atoms with Crippen molar-refractivity contribution in [2.45, 2.75) is 62.9 Å². The molecule has 1 aliphatic rings. The van der Waals surface area contributed by atoms with E-state index in [1.807, 2.05) is 11.6 Å². The number of amides is 3. The Morgan fingerprint density at radius 2 is 1.66 bits per heavy atom. The maximum atomic E-state index is 13.6. The molecule has 0 bridgehead atoms. The van der Waals surface area contributed by atoms with Crippen molar-refractivity contribution >= 4 is 33.9 Å². The van der Waals surface area contributed by atoms with Crippen molar-refractivity contribution < 1.29 is 42.5 Å². The number of unbranched alkanes of at least 4 members (excludes halogenated alkanes) is 1. The number of carbonyl (C=O) groups is 4. The fourth-order valence-corrected chi connectivity index (χ4v) is 6.66. The number of aromatic hydroxyl groups is 1. The van der Waals surface area contributed by atoms with E-state index < -0.39 is 45.5 Å². The Hall–Kier alpha value is -4.91. The van der Waals surface area contributed by atoms with Crippen LogP contribution in [0.2, 0.25) is 0 Å². The number of hydrogen-bond acceptors (Lipinski definition) is 8. The number of ether oxygens (including phenoxy) is 1. The third-order valence-corrected chi connectivity index (χ3v) is 9.53. The molecule has 4 N–H and O–H groups in total. The second-order valence-corrected chi connectivity index (χ2v) is 13.0. The molecule has 250 valence electrons. The molecule has 13 heteroatoms. The summed E-state index contributed by atoms with van der Waals surface area (Å²) in [5, 5.41) is 22.5. The third kappa shape index (κ3) is 8.09. The van der Waals surface area contributed by atoms with Crippen molar-refractivity contribution in [2.24, 2.45) is 5.92 Å². The summed E-state index contributed by atoms with van der Waals surface area (Å²) in [5.74, 6) is -3.09.